The second-order valence-corrected chi connectivity index (χ2v) is 10.0. The van der Waals surface area contributed by atoms with Gasteiger partial charge in [-0.25, -0.2) is 8.42 Å². The lowest BCUT2D eigenvalue weighted by molar-refractivity contribution is -0.116. The van der Waals surface area contributed by atoms with Gasteiger partial charge in [0.2, 0.25) is 15.9 Å². The topological polar surface area (TPSA) is 69.7 Å². The van der Waals surface area contributed by atoms with Crippen LogP contribution in [0.5, 0.6) is 0 Å². The molecule has 0 aromatic heterocycles. The molecule has 1 saturated heterocycles. The summed E-state index contributed by atoms with van der Waals surface area (Å²) in [5.74, 6) is 0.805. The molecule has 1 amide bonds. The third kappa shape index (κ3) is 4.05. The average molecular weight is 392 g/mol. The number of piperidine rings is 1. The Morgan fingerprint density at radius 3 is 2.56 bits per heavy atom. The molecule has 3 aliphatic rings. The summed E-state index contributed by atoms with van der Waals surface area (Å²) >= 11 is 0. The van der Waals surface area contributed by atoms with Crippen molar-refractivity contribution in [3.05, 3.63) is 23.8 Å². The van der Waals surface area contributed by atoms with E-state index in [1.165, 1.54) is 19.8 Å². The number of rotatable bonds is 5. The standard InChI is InChI=1S/C20H29N3O3S/c1-15(24)23-10-2-3-17-6-7-19(13-20(17)23)27(25,26)22-11-8-18(9-12-22)21-14-16-4-5-16/h6-7,13,16,18,21H,2-5,8-12,14H2,1H3. The van der Waals surface area contributed by atoms with E-state index in [4.69, 9.17) is 0 Å². The molecule has 1 aliphatic carbocycles. The van der Waals surface area contributed by atoms with Gasteiger partial charge < -0.3 is 10.2 Å². The number of amides is 1. The smallest absolute Gasteiger partial charge is 0.243 e. The van der Waals surface area contributed by atoms with Gasteiger partial charge in [0.1, 0.15) is 0 Å². The summed E-state index contributed by atoms with van der Waals surface area (Å²) in [5, 5.41) is 3.59. The van der Waals surface area contributed by atoms with Crippen LogP contribution in [0.3, 0.4) is 0 Å². The van der Waals surface area contributed by atoms with E-state index in [0.717, 1.165) is 49.4 Å². The Hall–Kier alpha value is -1.44. The molecule has 2 fully saturated rings. The molecule has 0 bridgehead atoms. The van der Waals surface area contributed by atoms with E-state index >= 15 is 0 Å². The maximum absolute atomic E-state index is 13.1. The summed E-state index contributed by atoms with van der Waals surface area (Å²) in [4.78, 5) is 13.9. The molecule has 1 aromatic rings. The lowest BCUT2D eigenvalue weighted by Gasteiger charge is -2.33. The predicted octanol–water partition coefficient (Wildman–Crippen LogP) is 2.14. The molecule has 0 unspecified atom stereocenters. The number of fused-ring (bicyclic) bond motifs is 1. The maximum atomic E-state index is 13.1. The summed E-state index contributed by atoms with van der Waals surface area (Å²) in [6.07, 6.45) is 6.18. The van der Waals surface area contributed by atoms with Crippen LogP contribution in [0.2, 0.25) is 0 Å². The highest BCUT2D eigenvalue weighted by molar-refractivity contribution is 7.89. The molecule has 1 N–H and O–H groups in total. The van der Waals surface area contributed by atoms with E-state index in [2.05, 4.69) is 5.32 Å². The van der Waals surface area contributed by atoms with Gasteiger partial charge in [-0.3, -0.25) is 4.79 Å². The zero-order valence-corrected chi connectivity index (χ0v) is 16.8. The van der Waals surface area contributed by atoms with Crippen molar-refractivity contribution in [2.24, 2.45) is 5.92 Å². The quantitative estimate of drug-likeness (QED) is 0.835. The largest absolute Gasteiger partial charge is 0.314 e. The zero-order valence-electron chi connectivity index (χ0n) is 16.0. The van der Waals surface area contributed by atoms with Crippen LogP contribution in [-0.4, -0.2) is 50.9 Å². The van der Waals surface area contributed by atoms with Crippen LogP contribution in [0.25, 0.3) is 0 Å². The number of aryl methyl sites for hydroxylation is 1. The Labute approximate surface area is 162 Å². The summed E-state index contributed by atoms with van der Waals surface area (Å²) < 4.78 is 27.9. The van der Waals surface area contributed by atoms with Gasteiger partial charge >= 0.3 is 0 Å². The highest BCUT2D eigenvalue weighted by Gasteiger charge is 2.31. The normalized spacial score (nSPS) is 21.9. The van der Waals surface area contributed by atoms with Gasteiger partial charge in [-0.2, -0.15) is 4.31 Å². The van der Waals surface area contributed by atoms with E-state index in [9.17, 15) is 13.2 Å². The molecule has 6 nitrogen and oxygen atoms in total. The molecule has 148 valence electrons. The Balaban J connectivity index is 1.47. The number of carbonyl (C=O) groups is 1. The molecular formula is C20H29N3O3S. The van der Waals surface area contributed by atoms with Gasteiger partial charge in [0.25, 0.3) is 0 Å². The van der Waals surface area contributed by atoms with Gasteiger partial charge in [-0.15, -0.1) is 0 Å². The molecule has 1 aromatic carbocycles. The molecule has 2 aliphatic heterocycles. The fourth-order valence-electron chi connectivity index (χ4n) is 4.15. The number of benzene rings is 1. The van der Waals surface area contributed by atoms with Crippen LogP contribution in [-0.2, 0) is 21.2 Å². The average Bonchev–Trinajstić information content (AvgIpc) is 3.50. The Kier molecular flexibility index (Phi) is 5.27. The third-order valence-corrected chi connectivity index (χ3v) is 7.93. The third-order valence-electron chi connectivity index (χ3n) is 6.04. The predicted molar refractivity (Wildman–Crippen MR) is 105 cm³/mol. The summed E-state index contributed by atoms with van der Waals surface area (Å²) in [6.45, 7) is 4.37. The van der Waals surface area contributed by atoms with Crippen LogP contribution in [0.4, 0.5) is 5.69 Å². The molecule has 7 heteroatoms. The molecule has 2 heterocycles. The Morgan fingerprint density at radius 2 is 1.89 bits per heavy atom. The molecule has 0 spiro atoms. The van der Waals surface area contributed by atoms with Crippen LogP contribution in [0.15, 0.2) is 23.1 Å². The van der Waals surface area contributed by atoms with E-state index in [1.807, 2.05) is 6.07 Å². The number of nitrogens with one attached hydrogen (secondary N) is 1. The van der Waals surface area contributed by atoms with Gasteiger partial charge in [0, 0.05) is 38.3 Å². The molecule has 27 heavy (non-hydrogen) atoms. The molecule has 4 rings (SSSR count). The minimum atomic E-state index is -3.52. The second-order valence-electron chi connectivity index (χ2n) is 8.09. The maximum Gasteiger partial charge on any atom is 0.243 e. The van der Waals surface area contributed by atoms with Crippen molar-refractivity contribution in [2.45, 2.75) is 56.4 Å². The number of carbonyl (C=O) groups excluding carboxylic acids is 1. The zero-order chi connectivity index (χ0) is 19.0. The summed E-state index contributed by atoms with van der Waals surface area (Å²) in [7, 11) is -3.52. The van der Waals surface area contributed by atoms with Crippen molar-refractivity contribution >= 4 is 21.6 Å². The van der Waals surface area contributed by atoms with E-state index in [0.29, 0.717) is 30.6 Å². The van der Waals surface area contributed by atoms with E-state index in [-0.39, 0.29) is 5.91 Å². The second kappa shape index (κ2) is 7.53. The Morgan fingerprint density at radius 1 is 1.15 bits per heavy atom. The minimum absolute atomic E-state index is 0.0342. The number of hydrogen-bond acceptors (Lipinski definition) is 4. The number of hydrogen-bond donors (Lipinski definition) is 1. The lowest BCUT2D eigenvalue weighted by atomic mass is 10.0. The van der Waals surface area contributed by atoms with Crippen molar-refractivity contribution in [1.82, 2.24) is 9.62 Å². The number of anilines is 1. The van der Waals surface area contributed by atoms with Crippen molar-refractivity contribution in [1.29, 1.82) is 0 Å². The number of nitrogens with zero attached hydrogens (tertiary/aromatic N) is 2. The van der Waals surface area contributed by atoms with E-state index < -0.39 is 10.0 Å². The van der Waals surface area contributed by atoms with Gasteiger partial charge in [-0.1, -0.05) is 6.07 Å². The molecule has 1 saturated carbocycles. The fourth-order valence-corrected chi connectivity index (χ4v) is 5.64. The highest BCUT2D eigenvalue weighted by Crippen LogP contribution is 2.32. The monoisotopic (exact) mass is 391 g/mol. The first-order chi connectivity index (χ1) is 12.9. The van der Waals surface area contributed by atoms with Gasteiger partial charge in [0.15, 0.2) is 0 Å². The van der Waals surface area contributed by atoms with Crippen molar-refractivity contribution in [2.75, 3.05) is 31.1 Å². The Bertz CT molecular complexity index is 812. The van der Waals surface area contributed by atoms with Crippen molar-refractivity contribution in [3.8, 4) is 0 Å². The summed E-state index contributed by atoms with van der Waals surface area (Å²) in [6, 6.07) is 5.70. The van der Waals surface area contributed by atoms with Crippen LogP contribution < -0.4 is 10.2 Å². The first-order valence-corrected chi connectivity index (χ1v) is 11.5. The summed E-state index contributed by atoms with van der Waals surface area (Å²) in [5.41, 5.74) is 1.81. The highest BCUT2D eigenvalue weighted by atomic mass is 32.2. The lowest BCUT2D eigenvalue weighted by Crippen LogP contribution is -2.45. The van der Waals surface area contributed by atoms with Crippen molar-refractivity contribution < 1.29 is 13.2 Å². The van der Waals surface area contributed by atoms with Gasteiger partial charge in [0.05, 0.1) is 4.90 Å². The molecular weight excluding hydrogens is 362 g/mol. The van der Waals surface area contributed by atoms with E-state index in [1.54, 1.807) is 21.3 Å². The van der Waals surface area contributed by atoms with Crippen LogP contribution >= 0.6 is 0 Å². The first kappa shape index (κ1) is 18.9. The van der Waals surface area contributed by atoms with Gasteiger partial charge in [-0.05, 0) is 68.7 Å². The minimum Gasteiger partial charge on any atom is -0.314 e. The van der Waals surface area contributed by atoms with Crippen LogP contribution in [0, 0.1) is 5.92 Å². The number of sulfonamides is 1. The SMILES string of the molecule is CC(=O)N1CCCc2ccc(S(=O)(=O)N3CCC(NCC4CC4)CC3)cc21. The molecule has 0 radical (unpaired) electrons. The molecule has 0 atom stereocenters. The first-order valence-electron chi connectivity index (χ1n) is 10.1. The van der Waals surface area contributed by atoms with Crippen molar-refractivity contribution in [3.63, 3.8) is 0 Å². The van der Waals surface area contributed by atoms with Crippen LogP contribution in [0.1, 0.15) is 44.6 Å². The fraction of sp³-hybridized carbons (Fsp3) is 0.650.